The van der Waals surface area contributed by atoms with Crippen molar-refractivity contribution in [3.05, 3.63) is 30.1 Å². The Hall–Kier alpha value is -0.970. The van der Waals surface area contributed by atoms with Crippen LogP contribution in [0.1, 0.15) is 50.1 Å². The Morgan fingerprint density at radius 1 is 1.33 bits per heavy atom. The lowest BCUT2D eigenvalue weighted by molar-refractivity contribution is -0.0542. The van der Waals surface area contributed by atoms with Gasteiger partial charge in [-0.3, -0.25) is 16.3 Å². The van der Waals surface area contributed by atoms with Crippen molar-refractivity contribution in [1.82, 2.24) is 10.4 Å². The molecule has 4 heteroatoms. The third-order valence-corrected chi connectivity index (χ3v) is 4.07. The van der Waals surface area contributed by atoms with Gasteiger partial charge in [-0.15, -0.1) is 0 Å². The van der Waals surface area contributed by atoms with Crippen LogP contribution in [0.25, 0.3) is 0 Å². The minimum Gasteiger partial charge on any atom is -0.376 e. The Morgan fingerprint density at radius 2 is 2.06 bits per heavy atom. The number of hydrogen-bond donors (Lipinski definition) is 2. The van der Waals surface area contributed by atoms with Crippen LogP contribution in [0, 0.1) is 0 Å². The summed E-state index contributed by atoms with van der Waals surface area (Å²) in [6, 6.07) is 4.01. The zero-order valence-corrected chi connectivity index (χ0v) is 11.1. The summed E-state index contributed by atoms with van der Waals surface area (Å²) in [5, 5.41) is 0. The monoisotopic (exact) mass is 249 g/mol. The molecule has 3 N–H and O–H groups in total. The van der Waals surface area contributed by atoms with Crippen LogP contribution in [0.5, 0.6) is 0 Å². The van der Waals surface area contributed by atoms with Crippen molar-refractivity contribution in [2.24, 2.45) is 5.84 Å². The molecule has 0 amide bonds. The molecule has 1 heterocycles. The smallest absolute Gasteiger partial charge is 0.0886 e. The predicted octanol–water partition coefficient (Wildman–Crippen LogP) is 2.33. The number of hydrogen-bond acceptors (Lipinski definition) is 4. The average molecular weight is 249 g/mol. The Bertz CT molecular complexity index is 347. The molecule has 1 aromatic rings. The van der Waals surface area contributed by atoms with Crippen LogP contribution in [0.15, 0.2) is 24.5 Å². The number of hydrazine groups is 1. The van der Waals surface area contributed by atoms with Crippen LogP contribution >= 0.6 is 0 Å². The largest absolute Gasteiger partial charge is 0.376 e. The van der Waals surface area contributed by atoms with Gasteiger partial charge in [-0.2, -0.15) is 0 Å². The highest BCUT2D eigenvalue weighted by Gasteiger charge is 2.39. The normalized spacial score (nSPS) is 21.2. The molecule has 0 aromatic carbocycles. The summed E-state index contributed by atoms with van der Waals surface area (Å²) in [7, 11) is 1.80. The van der Waals surface area contributed by atoms with Crippen LogP contribution in [0.2, 0.25) is 0 Å². The van der Waals surface area contributed by atoms with Crippen molar-refractivity contribution < 1.29 is 4.74 Å². The summed E-state index contributed by atoms with van der Waals surface area (Å²) in [6.07, 6.45) is 10.7. The number of rotatable bonds is 4. The highest BCUT2D eigenvalue weighted by atomic mass is 16.5. The Morgan fingerprint density at radius 3 is 2.56 bits per heavy atom. The second kappa shape index (κ2) is 6.27. The molecule has 4 nitrogen and oxygen atoms in total. The highest BCUT2D eigenvalue weighted by Crippen LogP contribution is 2.39. The number of pyridine rings is 1. The van der Waals surface area contributed by atoms with Gasteiger partial charge in [0.25, 0.3) is 0 Å². The number of methoxy groups -OCH3 is 1. The van der Waals surface area contributed by atoms with Crippen molar-refractivity contribution in [3.8, 4) is 0 Å². The quantitative estimate of drug-likeness (QED) is 0.488. The predicted molar refractivity (Wildman–Crippen MR) is 71.7 cm³/mol. The number of nitrogens with one attached hydrogen (secondary N) is 1. The second-order valence-corrected chi connectivity index (χ2v) is 5.07. The van der Waals surface area contributed by atoms with Crippen molar-refractivity contribution in [2.75, 3.05) is 7.11 Å². The molecule has 1 aromatic heterocycles. The van der Waals surface area contributed by atoms with E-state index in [2.05, 4.69) is 16.5 Å². The first kappa shape index (κ1) is 13.5. The molecule has 1 atom stereocenters. The summed E-state index contributed by atoms with van der Waals surface area (Å²) in [6.45, 7) is 0. The second-order valence-electron chi connectivity index (χ2n) is 5.07. The zero-order valence-electron chi connectivity index (χ0n) is 11.1. The van der Waals surface area contributed by atoms with Gasteiger partial charge in [0.1, 0.15) is 0 Å². The molecule has 1 aliphatic rings. The van der Waals surface area contributed by atoms with Gasteiger partial charge >= 0.3 is 0 Å². The van der Waals surface area contributed by atoms with Gasteiger partial charge in [0.15, 0.2) is 0 Å². The molecule has 1 unspecified atom stereocenters. The zero-order chi connectivity index (χ0) is 12.8. The van der Waals surface area contributed by atoms with Crippen LogP contribution in [-0.2, 0) is 4.74 Å². The first-order chi connectivity index (χ1) is 8.82. The van der Waals surface area contributed by atoms with E-state index in [0.717, 1.165) is 18.4 Å². The van der Waals surface area contributed by atoms with Gasteiger partial charge in [-0.05, 0) is 24.5 Å². The van der Waals surface area contributed by atoms with Crippen LogP contribution < -0.4 is 11.3 Å². The number of aromatic nitrogens is 1. The topological polar surface area (TPSA) is 60.2 Å². The SMILES string of the molecule is COC1(C(NN)c2cccnc2)CCCCCC1. The molecule has 0 bridgehead atoms. The molecule has 1 fully saturated rings. The van der Waals surface area contributed by atoms with Gasteiger partial charge in [-0.1, -0.05) is 31.7 Å². The summed E-state index contributed by atoms with van der Waals surface area (Å²) in [5.41, 5.74) is 3.84. The van der Waals surface area contributed by atoms with E-state index in [9.17, 15) is 0 Å². The fourth-order valence-electron chi connectivity index (χ4n) is 3.04. The molecule has 0 radical (unpaired) electrons. The lowest BCUT2D eigenvalue weighted by Crippen LogP contribution is -2.47. The molecular formula is C14H23N3O. The maximum Gasteiger partial charge on any atom is 0.0886 e. The van der Waals surface area contributed by atoms with E-state index in [1.165, 1.54) is 25.7 Å². The molecule has 0 spiro atoms. The first-order valence-electron chi connectivity index (χ1n) is 6.73. The van der Waals surface area contributed by atoms with Crippen molar-refractivity contribution >= 4 is 0 Å². The Balaban J connectivity index is 2.27. The minimum atomic E-state index is -0.200. The Labute approximate surface area is 109 Å². The van der Waals surface area contributed by atoms with Crippen molar-refractivity contribution in [2.45, 2.75) is 50.2 Å². The van der Waals surface area contributed by atoms with E-state index in [4.69, 9.17) is 10.6 Å². The van der Waals surface area contributed by atoms with Gasteiger partial charge in [-0.25, -0.2) is 0 Å². The molecule has 18 heavy (non-hydrogen) atoms. The van der Waals surface area contributed by atoms with Crippen molar-refractivity contribution in [1.29, 1.82) is 0 Å². The number of nitrogens with zero attached hydrogens (tertiary/aromatic N) is 1. The van der Waals surface area contributed by atoms with Gasteiger partial charge in [0.05, 0.1) is 11.6 Å². The molecule has 0 saturated heterocycles. The van der Waals surface area contributed by atoms with E-state index < -0.39 is 0 Å². The minimum absolute atomic E-state index is 0.00861. The number of ether oxygens (including phenoxy) is 1. The standard InChI is InChI=1S/C14H23N3O/c1-18-14(8-4-2-3-5-9-14)13(17-15)12-7-6-10-16-11-12/h6-7,10-11,13,17H,2-5,8-9,15H2,1H3. The summed E-state index contributed by atoms with van der Waals surface area (Å²) in [4.78, 5) is 4.19. The molecule has 100 valence electrons. The lowest BCUT2D eigenvalue weighted by atomic mass is 9.83. The summed E-state index contributed by atoms with van der Waals surface area (Å²) in [5.74, 6) is 5.79. The van der Waals surface area contributed by atoms with E-state index in [-0.39, 0.29) is 11.6 Å². The molecule has 2 rings (SSSR count). The van der Waals surface area contributed by atoms with E-state index in [0.29, 0.717) is 0 Å². The van der Waals surface area contributed by atoms with Crippen LogP contribution in [0.4, 0.5) is 0 Å². The fraction of sp³-hybridized carbons (Fsp3) is 0.643. The number of nitrogens with two attached hydrogens (primary N) is 1. The molecule has 0 aliphatic heterocycles. The van der Waals surface area contributed by atoms with Crippen LogP contribution in [-0.4, -0.2) is 17.7 Å². The lowest BCUT2D eigenvalue weighted by Gasteiger charge is -2.39. The first-order valence-corrected chi connectivity index (χ1v) is 6.73. The third-order valence-electron chi connectivity index (χ3n) is 4.07. The molecule has 1 saturated carbocycles. The van der Waals surface area contributed by atoms with Crippen molar-refractivity contribution in [3.63, 3.8) is 0 Å². The fourth-order valence-corrected chi connectivity index (χ4v) is 3.04. The van der Waals surface area contributed by atoms with Gasteiger partial charge in [0, 0.05) is 19.5 Å². The molecule has 1 aliphatic carbocycles. The maximum absolute atomic E-state index is 5.90. The van der Waals surface area contributed by atoms with E-state index in [1.807, 2.05) is 12.3 Å². The molecular weight excluding hydrogens is 226 g/mol. The third kappa shape index (κ3) is 2.71. The van der Waals surface area contributed by atoms with Gasteiger partial charge in [0.2, 0.25) is 0 Å². The van der Waals surface area contributed by atoms with Crippen LogP contribution in [0.3, 0.4) is 0 Å². The highest BCUT2D eigenvalue weighted by molar-refractivity contribution is 5.18. The van der Waals surface area contributed by atoms with E-state index >= 15 is 0 Å². The van der Waals surface area contributed by atoms with Gasteiger partial charge < -0.3 is 4.74 Å². The summed E-state index contributed by atoms with van der Waals surface area (Å²) >= 11 is 0. The van der Waals surface area contributed by atoms with E-state index in [1.54, 1.807) is 13.3 Å². The maximum atomic E-state index is 5.90. The average Bonchev–Trinajstić information content (AvgIpc) is 2.67. The Kier molecular flexibility index (Phi) is 4.69. The summed E-state index contributed by atoms with van der Waals surface area (Å²) < 4.78 is 5.90.